The Kier molecular flexibility index (Phi) is 3.99. The molecule has 17 heavy (non-hydrogen) atoms. The van der Waals surface area contributed by atoms with Crippen molar-refractivity contribution in [1.29, 1.82) is 0 Å². The molecule has 2 aromatic rings. The SMILES string of the molecule is Fc1ccc(C(Cl)c2ccccc2I)cc1F. The molecule has 88 valence electrons. The first-order valence-corrected chi connectivity index (χ1v) is 6.44. The van der Waals surface area contributed by atoms with Crippen LogP contribution in [0.25, 0.3) is 0 Å². The fourth-order valence-corrected chi connectivity index (χ4v) is 2.74. The van der Waals surface area contributed by atoms with E-state index in [0.717, 1.165) is 21.3 Å². The summed E-state index contributed by atoms with van der Waals surface area (Å²) < 4.78 is 26.9. The van der Waals surface area contributed by atoms with Gasteiger partial charge in [0, 0.05) is 3.57 Å². The van der Waals surface area contributed by atoms with E-state index < -0.39 is 17.0 Å². The van der Waals surface area contributed by atoms with Gasteiger partial charge in [0.1, 0.15) is 0 Å². The lowest BCUT2D eigenvalue weighted by Gasteiger charge is -2.12. The third-order valence-corrected chi connectivity index (χ3v) is 3.88. The summed E-state index contributed by atoms with van der Waals surface area (Å²) in [5, 5.41) is -0.474. The maximum atomic E-state index is 13.1. The summed E-state index contributed by atoms with van der Waals surface area (Å²) in [6.45, 7) is 0. The Labute approximate surface area is 117 Å². The molecule has 0 aromatic heterocycles. The van der Waals surface area contributed by atoms with E-state index in [1.807, 2.05) is 24.3 Å². The number of hydrogen-bond acceptors (Lipinski definition) is 0. The van der Waals surface area contributed by atoms with E-state index in [-0.39, 0.29) is 0 Å². The van der Waals surface area contributed by atoms with Gasteiger partial charge in [0.05, 0.1) is 5.38 Å². The van der Waals surface area contributed by atoms with E-state index in [0.29, 0.717) is 5.56 Å². The molecule has 1 atom stereocenters. The second-order valence-electron chi connectivity index (χ2n) is 3.56. The molecule has 0 N–H and O–H groups in total. The molecule has 0 amide bonds. The molecular formula is C13H8ClF2I. The molecule has 0 aliphatic rings. The average molecular weight is 365 g/mol. The second kappa shape index (κ2) is 5.31. The lowest BCUT2D eigenvalue weighted by molar-refractivity contribution is 0.507. The van der Waals surface area contributed by atoms with Crippen LogP contribution in [-0.4, -0.2) is 0 Å². The van der Waals surface area contributed by atoms with E-state index in [1.54, 1.807) is 0 Å². The number of benzene rings is 2. The summed E-state index contributed by atoms with van der Waals surface area (Å²) in [7, 11) is 0. The summed E-state index contributed by atoms with van der Waals surface area (Å²) in [5.74, 6) is -1.74. The van der Waals surface area contributed by atoms with E-state index in [4.69, 9.17) is 11.6 Å². The minimum absolute atomic E-state index is 0.474. The van der Waals surface area contributed by atoms with Crippen LogP contribution in [0.2, 0.25) is 0 Å². The van der Waals surface area contributed by atoms with Crippen molar-refractivity contribution in [3.8, 4) is 0 Å². The van der Waals surface area contributed by atoms with Gasteiger partial charge in [0.15, 0.2) is 11.6 Å². The van der Waals surface area contributed by atoms with Gasteiger partial charge in [-0.2, -0.15) is 0 Å². The van der Waals surface area contributed by atoms with Crippen LogP contribution in [0.4, 0.5) is 8.78 Å². The van der Waals surface area contributed by atoms with Crippen molar-refractivity contribution in [3.05, 3.63) is 68.8 Å². The highest BCUT2D eigenvalue weighted by atomic mass is 127. The quantitative estimate of drug-likeness (QED) is 0.525. The minimum Gasteiger partial charge on any atom is -0.204 e. The average Bonchev–Trinajstić information content (AvgIpc) is 2.32. The Morgan fingerprint density at radius 2 is 1.71 bits per heavy atom. The monoisotopic (exact) mass is 364 g/mol. The van der Waals surface area contributed by atoms with Crippen LogP contribution in [-0.2, 0) is 0 Å². The zero-order valence-electron chi connectivity index (χ0n) is 8.63. The van der Waals surface area contributed by atoms with Crippen LogP contribution in [0.1, 0.15) is 16.5 Å². The summed E-state index contributed by atoms with van der Waals surface area (Å²) >= 11 is 8.43. The Balaban J connectivity index is 2.40. The third-order valence-electron chi connectivity index (χ3n) is 2.41. The van der Waals surface area contributed by atoms with Crippen LogP contribution < -0.4 is 0 Å². The fraction of sp³-hybridized carbons (Fsp3) is 0.0769. The van der Waals surface area contributed by atoms with Crippen LogP contribution in [0.15, 0.2) is 42.5 Å². The first-order valence-electron chi connectivity index (χ1n) is 4.93. The minimum atomic E-state index is -0.876. The Hall–Kier alpha value is -0.680. The molecule has 0 spiro atoms. The second-order valence-corrected chi connectivity index (χ2v) is 5.16. The van der Waals surface area contributed by atoms with Gasteiger partial charge in [0.2, 0.25) is 0 Å². The molecule has 0 aliphatic carbocycles. The summed E-state index contributed by atoms with van der Waals surface area (Å²) in [5.41, 5.74) is 1.44. The molecule has 1 unspecified atom stereocenters. The normalized spacial score (nSPS) is 12.5. The predicted molar refractivity (Wildman–Crippen MR) is 73.2 cm³/mol. The smallest absolute Gasteiger partial charge is 0.159 e. The highest BCUT2D eigenvalue weighted by Gasteiger charge is 2.15. The van der Waals surface area contributed by atoms with Gasteiger partial charge in [-0.25, -0.2) is 8.78 Å². The molecule has 0 nitrogen and oxygen atoms in total. The van der Waals surface area contributed by atoms with Crippen LogP contribution in [0.5, 0.6) is 0 Å². The van der Waals surface area contributed by atoms with Crippen molar-refractivity contribution in [2.45, 2.75) is 5.38 Å². The van der Waals surface area contributed by atoms with Crippen molar-refractivity contribution in [3.63, 3.8) is 0 Å². The largest absolute Gasteiger partial charge is 0.204 e. The Bertz CT molecular complexity index is 543. The van der Waals surface area contributed by atoms with Crippen LogP contribution in [0, 0.1) is 15.2 Å². The standard InChI is InChI=1S/C13H8ClF2I/c14-13(9-3-1-2-4-12(9)17)8-5-6-10(15)11(16)7-8/h1-7,13H. The molecule has 0 bridgehead atoms. The molecule has 0 fully saturated rings. The van der Waals surface area contributed by atoms with Crippen molar-refractivity contribution in [2.75, 3.05) is 0 Å². The summed E-state index contributed by atoms with van der Waals surface area (Å²) in [6.07, 6.45) is 0. The number of rotatable bonds is 2. The fourth-order valence-electron chi connectivity index (χ4n) is 1.53. The van der Waals surface area contributed by atoms with Crippen molar-refractivity contribution >= 4 is 34.2 Å². The zero-order chi connectivity index (χ0) is 12.4. The molecular weight excluding hydrogens is 356 g/mol. The van der Waals surface area contributed by atoms with E-state index >= 15 is 0 Å². The lowest BCUT2D eigenvalue weighted by atomic mass is 10.0. The molecule has 4 heteroatoms. The summed E-state index contributed by atoms with van der Waals surface area (Å²) in [4.78, 5) is 0. The maximum Gasteiger partial charge on any atom is 0.159 e. The van der Waals surface area contributed by atoms with Crippen molar-refractivity contribution < 1.29 is 8.78 Å². The highest BCUT2D eigenvalue weighted by Crippen LogP contribution is 2.32. The van der Waals surface area contributed by atoms with E-state index in [9.17, 15) is 8.78 Å². The first kappa shape index (κ1) is 12.8. The number of hydrogen-bond donors (Lipinski definition) is 0. The van der Waals surface area contributed by atoms with Gasteiger partial charge in [0.25, 0.3) is 0 Å². The lowest BCUT2D eigenvalue weighted by Crippen LogP contribution is -1.97. The van der Waals surface area contributed by atoms with Gasteiger partial charge in [-0.3, -0.25) is 0 Å². The van der Waals surface area contributed by atoms with E-state index in [2.05, 4.69) is 22.6 Å². The number of alkyl halides is 1. The molecule has 2 rings (SSSR count). The van der Waals surface area contributed by atoms with E-state index in [1.165, 1.54) is 6.07 Å². The van der Waals surface area contributed by atoms with Gasteiger partial charge in [-0.05, 0) is 51.9 Å². The molecule has 0 aliphatic heterocycles. The van der Waals surface area contributed by atoms with Gasteiger partial charge >= 0.3 is 0 Å². The highest BCUT2D eigenvalue weighted by molar-refractivity contribution is 14.1. The Morgan fingerprint density at radius 3 is 2.35 bits per heavy atom. The van der Waals surface area contributed by atoms with Crippen molar-refractivity contribution in [2.24, 2.45) is 0 Å². The van der Waals surface area contributed by atoms with Gasteiger partial charge < -0.3 is 0 Å². The third kappa shape index (κ3) is 2.77. The molecule has 0 radical (unpaired) electrons. The van der Waals surface area contributed by atoms with Crippen LogP contribution in [0.3, 0.4) is 0 Å². The zero-order valence-corrected chi connectivity index (χ0v) is 11.5. The van der Waals surface area contributed by atoms with Crippen LogP contribution >= 0.6 is 34.2 Å². The van der Waals surface area contributed by atoms with Gasteiger partial charge in [-0.15, -0.1) is 11.6 Å². The number of halogens is 4. The van der Waals surface area contributed by atoms with Crippen molar-refractivity contribution in [1.82, 2.24) is 0 Å². The molecule has 0 heterocycles. The van der Waals surface area contributed by atoms with Gasteiger partial charge in [-0.1, -0.05) is 24.3 Å². The molecule has 2 aromatic carbocycles. The first-order chi connectivity index (χ1) is 8.09. The topological polar surface area (TPSA) is 0 Å². The maximum absolute atomic E-state index is 13.1. The predicted octanol–water partition coefficient (Wildman–Crippen LogP) is 4.90. The summed E-state index contributed by atoms with van der Waals surface area (Å²) in [6, 6.07) is 11.3. The Morgan fingerprint density at radius 1 is 1.00 bits per heavy atom. The molecule has 0 saturated heterocycles. The molecule has 0 saturated carbocycles.